The zero-order chi connectivity index (χ0) is 20.5. The second-order valence-corrected chi connectivity index (χ2v) is 6.48. The van der Waals surface area contributed by atoms with E-state index >= 15 is 0 Å². The second-order valence-electron chi connectivity index (χ2n) is 6.48. The van der Waals surface area contributed by atoms with Crippen LogP contribution in [0.2, 0.25) is 0 Å². The Labute approximate surface area is 165 Å². The van der Waals surface area contributed by atoms with Crippen LogP contribution < -0.4 is 14.8 Å². The summed E-state index contributed by atoms with van der Waals surface area (Å²) in [5.41, 5.74) is 1.25. The molecule has 150 valence electrons. The van der Waals surface area contributed by atoms with Gasteiger partial charge in [-0.15, -0.1) is 0 Å². The third kappa shape index (κ3) is 6.01. The number of amides is 1. The van der Waals surface area contributed by atoms with E-state index in [1.807, 2.05) is 37.3 Å². The third-order valence-electron chi connectivity index (χ3n) is 3.97. The molecule has 1 unspecified atom stereocenters. The summed E-state index contributed by atoms with van der Waals surface area (Å²) < 4.78 is 16.0. The van der Waals surface area contributed by atoms with Gasteiger partial charge in [0.1, 0.15) is 0 Å². The minimum atomic E-state index is -0.502. The monoisotopic (exact) mass is 385 g/mol. The lowest BCUT2D eigenvalue weighted by Crippen LogP contribution is -2.31. The number of esters is 1. The van der Waals surface area contributed by atoms with Crippen molar-refractivity contribution in [3.05, 3.63) is 59.7 Å². The van der Waals surface area contributed by atoms with Gasteiger partial charge in [-0.1, -0.05) is 30.3 Å². The normalized spacial score (nSPS) is 11.6. The molecule has 0 heterocycles. The number of rotatable bonds is 9. The summed E-state index contributed by atoms with van der Waals surface area (Å²) in [5.74, 6) is 0.371. The topological polar surface area (TPSA) is 73.9 Å². The van der Waals surface area contributed by atoms with E-state index < -0.39 is 6.04 Å². The van der Waals surface area contributed by atoms with E-state index in [4.69, 9.17) is 14.2 Å². The molecule has 0 aliphatic rings. The number of carbonyl (C=O) groups is 2. The van der Waals surface area contributed by atoms with E-state index in [9.17, 15) is 9.59 Å². The summed E-state index contributed by atoms with van der Waals surface area (Å²) in [4.78, 5) is 25.0. The van der Waals surface area contributed by atoms with Crippen molar-refractivity contribution in [2.75, 3.05) is 13.7 Å². The molecule has 0 bridgehead atoms. The SMILES string of the molecule is CCOc1cc(C(=O)NC(CC(=O)OC(C)C)c2ccccc2)ccc1OC. The Balaban J connectivity index is 2.22. The number of nitrogens with one attached hydrogen (secondary N) is 1. The van der Waals surface area contributed by atoms with Crippen molar-refractivity contribution in [3.63, 3.8) is 0 Å². The lowest BCUT2D eigenvalue weighted by Gasteiger charge is -2.20. The highest BCUT2D eigenvalue weighted by Gasteiger charge is 2.21. The number of benzene rings is 2. The van der Waals surface area contributed by atoms with Crippen molar-refractivity contribution in [3.8, 4) is 11.5 Å². The molecular weight excluding hydrogens is 358 g/mol. The zero-order valence-electron chi connectivity index (χ0n) is 16.7. The van der Waals surface area contributed by atoms with Gasteiger partial charge in [0.2, 0.25) is 0 Å². The van der Waals surface area contributed by atoms with Crippen LogP contribution in [0.1, 0.15) is 49.2 Å². The van der Waals surface area contributed by atoms with E-state index in [0.29, 0.717) is 23.7 Å². The Kier molecular flexibility index (Phi) is 7.87. The molecular formula is C22H27NO5. The standard InChI is InChI=1S/C22H27NO5/c1-5-27-20-13-17(11-12-19(20)26-4)22(25)23-18(14-21(24)28-15(2)3)16-9-7-6-8-10-16/h6-13,15,18H,5,14H2,1-4H3,(H,23,25). The first-order valence-electron chi connectivity index (χ1n) is 9.30. The summed E-state index contributed by atoms with van der Waals surface area (Å²) in [6, 6.07) is 13.8. The molecule has 0 aromatic heterocycles. The minimum absolute atomic E-state index is 0.0441. The Morgan fingerprint density at radius 2 is 1.75 bits per heavy atom. The van der Waals surface area contributed by atoms with Crippen molar-refractivity contribution in [2.45, 2.75) is 39.3 Å². The van der Waals surface area contributed by atoms with Gasteiger partial charge >= 0.3 is 5.97 Å². The molecule has 0 fully saturated rings. The fourth-order valence-corrected chi connectivity index (χ4v) is 2.74. The molecule has 28 heavy (non-hydrogen) atoms. The molecule has 0 saturated heterocycles. The molecule has 1 N–H and O–H groups in total. The lowest BCUT2D eigenvalue weighted by atomic mass is 10.0. The van der Waals surface area contributed by atoms with Gasteiger partial charge in [-0.05, 0) is 44.5 Å². The summed E-state index contributed by atoms with van der Waals surface area (Å²) in [7, 11) is 1.55. The highest BCUT2D eigenvalue weighted by Crippen LogP contribution is 2.28. The van der Waals surface area contributed by atoms with Crippen LogP contribution >= 0.6 is 0 Å². The van der Waals surface area contributed by atoms with Crippen LogP contribution in [-0.2, 0) is 9.53 Å². The average Bonchev–Trinajstić information content (AvgIpc) is 2.67. The van der Waals surface area contributed by atoms with Crippen LogP contribution in [0.4, 0.5) is 0 Å². The van der Waals surface area contributed by atoms with Gasteiger partial charge in [-0.2, -0.15) is 0 Å². The molecule has 1 atom stereocenters. The summed E-state index contributed by atoms with van der Waals surface area (Å²) >= 11 is 0. The maximum absolute atomic E-state index is 12.8. The van der Waals surface area contributed by atoms with Gasteiger partial charge < -0.3 is 19.5 Å². The first-order chi connectivity index (χ1) is 13.4. The van der Waals surface area contributed by atoms with E-state index in [1.54, 1.807) is 39.2 Å². The smallest absolute Gasteiger partial charge is 0.308 e. The molecule has 0 radical (unpaired) electrons. The van der Waals surface area contributed by atoms with Crippen molar-refractivity contribution >= 4 is 11.9 Å². The number of carbonyl (C=O) groups excluding carboxylic acids is 2. The molecule has 0 spiro atoms. The molecule has 6 heteroatoms. The Morgan fingerprint density at radius 3 is 2.36 bits per heavy atom. The molecule has 2 aromatic carbocycles. The molecule has 2 aromatic rings. The Morgan fingerprint density at radius 1 is 1.04 bits per heavy atom. The van der Waals surface area contributed by atoms with Gasteiger partial charge in [-0.25, -0.2) is 0 Å². The first-order valence-corrected chi connectivity index (χ1v) is 9.30. The molecule has 6 nitrogen and oxygen atoms in total. The van der Waals surface area contributed by atoms with E-state index in [1.165, 1.54) is 0 Å². The lowest BCUT2D eigenvalue weighted by molar-refractivity contribution is -0.147. The van der Waals surface area contributed by atoms with E-state index in [-0.39, 0.29) is 24.4 Å². The van der Waals surface area contributed by atoms with Crippen LogP contribution in [0.25, 0.3) is 0 Å². The van der Waals surface area contributed by atoms with Gasteiger partial charge in [0.25, 0.3) is 5.91 Å². The molecule has 1 amide bonds. The molecule has 0 saturated carbocycles. The Hall–Kier alpha value is -3.02. The van der Waals surface area contributed by atoms with Crippen molar-refractivity contribution in [1.82, 2.24) is 5.32 Å². The summed E-state index contributed by atoms with van der Waals surface area (Å²) in [5, 5.41) is 2.92. The van der Waals surface area contributed by atoms with Gasteiger partial charge in [-0.3, -0.25) is 9.59 Å². The van der Waals surface area contributed by atoms with Gasteiger partial charge in [0, 0.05) is 5.56 Å². The van der Waals surface area contributed by atoms with Crippen molar-refractivity contribution in [2.24, 2.45) is 0 Å². The number of hydrogen-bond donors (Lipinski definition) is 1. The van der Waals surface area contributed by atoms with Crippen LogP contribution in [0, 0.1) is 0 Å². The van der Waals surface area contributed by atoms with Crippen LogP contribution in [0.5, 0.6) is 11.5 Å². The number of methoxy groups -OCH3 is 1. The highest BCUT2D eigenvalue weighted by atomic mass is 16.5. The quantitative estimate of drug-likeness (QED) is 0.663. The second kappa shape index (κ2) is 10.3. The van der Waals surface area contributed by atoms with Crippen LogP contribution in [0.3, 0.4) is 0 Å². The summed E-state index contributed by atoms with van der Waals surface area (Å²) in [6.45, 7) is 5.90. The van der Waals surface area contributed by atoms with Crippen LogP contribution in [-0.4, -0.2) is 31.7 Å². The minimum Gasteiger partial charge on any atom is -0.493 e. The van der Waals surface area contributed by atoms with Crippen LogP contribution in [0.15, 0.2) is 48.5 Å². The molecule has 0 aliphatic carbocycles. The number of hydrogen-bond acceptors (Lipinski definition) is 5. The maximum Gasteiger partial charge on any atom is 0.308 e. The van der Waals surface area contributed by atoms with Gasteiger partial charge in [0.15, 0.2) is 11.5 Å². The predicted molar refractivity (Wildman–Crippen MR) is 107 cm³/mol. The van der Waals surface area contributed by atoms with Gasteiger partial charge in [0.05, 0.1) is 32.3 Å². The third-order valence-corrected chi connectivity index (χ3v) is 3.97. The summed E-state index contributed by atoms with van der Waals surface area (Å²) in [6.07, 6.45) is -0.169. The fourth-order valence-electron chi connectivity index (χ4n) is 2.74. The van der Waals surface area contributed by atoms with E-state index in [2.05, 4.69) is 5.32 Å². The van der Waals surface area contributed by atoms with E-state index in [0.717, 1.165) is 5.56 Å². The van der Waals surface area contributed by atoms with Crippen molar-refractivity contribution in [1.29, 1.82) is 0 Å². The largest absolute Gasteiger partial charge is 0.493 e. The fraction of sp³-hybridized carbons (Fsp3) is 0.364. The predicted octanol–water partition coefficient (Wildman–Crippen LogP) is 3.91. The highest BCUT2D eigenvalue weighted by molar-refractivity contribution is 5.95. The molecule has 2 rings (SSSR count). The van der Waals surface area contributed by atoms with Crippen molar-refractivity contribution < 1.29 is 23.8 Å². The zero-order valence-corrected chi connectivity index (χ0v) is 16.7. The first kappa shape index (κ1) is 21.3. The molecule has 0 aliphatic heterocycles. The maximum atomic E-state index is 12.8. The number of ether oxygens (including phenoxy) is 3. The average molecular weight is 385 g/mol. The Bertz CT molecular complexity index is 789.